The van der Waals surface area contributed by atoms with Gasteiger partial charge in [0.1, 0.15) is 0 Å². The van der Waals surface area contributed by atoms with Crippen LogP contribution in [0.25, 0.3) is 9.69 Å². The van der Waals surface area contributed by atoms with Crippen molar-refractivity contribution in [1.29, 1.82) is 5.26 Å². The molecule has 8 nitrogen and oxygen atoms in total. The van der Waals surface area contributed by atoms with Crippen molar-refractivity contribution in [2.45, 2.75) is 5.66 Å². The van der Waals surface area contributed by atoms with Crippen LogP contribution in [0.5, 0.6) is 0 Å². The number of carbonyl (C=O) groups is 4. The largest absolute Gasteiger partial charge is 0.547 e. The van der Waals surface area contributed by atoms with Gasteiger partial charge in [-0.2, -0.15) is 5.26 Å². The number of ketones is 4. The molecule has 0 amide bonds. The van der Waals surface area contributed by atoms with Gasteiger partial charge in [-0.15, -0.1) is 0 Å². The highest BCUT2D eigenvalue weighted by molar-refractivity contribution is 6.43. The van der Waals surface area contributed by atoms with Gasteiger partial charge in [0.2, 0.25) is 5.70 Å². The first kappa shape index (κ1) is 19.1. The highest BCUT2D eigenvalue weighted by Gasteiger charge is 2.95. The third-order valence-corrected chi connectivity index (χ3v) is 6.74. The van der Waals surface area contributed by atoms with Crippen LogP contribution in [0.1, 0.15) is 41.4 Å². The Kier molecular flexibility index (Phi) is 3.36. The molecule has 0 saturated carbocycles. The number of allylic oxidation sites excluding steroid dienone is 1. The number of nitrogens with zero attached hydrogens (tertiary/aromatic N) is 3. The lowest BCUT2D eigenvalue weighted by molar-refractivity contribution is 0.0351. The summed E-state index contributed by atoms with van der Waals surface area (Å²) in [5.74, 6) is -4.04. The summed E-state index contributed by atoms with van der Waals surface area (Å²) in [5.41, 5.74) is -4.04. The van der Waals surface area contributed by atoms with Gasteiger partial charge in [-0.05, 0) is 0 Å². The van der Waals surface area contributed by atoms with E-state index in [1.807, 2.05) is 0 Å². The maximum absolute atomic E-state index is 14.0. The standard InChI is InChI=1S/C24H10N4O4/c1-27-24(28-2)17(26)16(11-25)22(18(29)12-7-3-4-8-13(12)19(22)30)23(24)20(31)14-9-5-6-10-15(14)21(23)32/h3-10H,26H2. The van der Waals surface area contributed by atoms with Gasteiger partial charge in [-0.3, -0.25) is 19.2 Å². The second-order valence-electron chi connectivity index (χ2n) is 7.70. The molecular formula is C24H10N4O4. The van der Waals surface area contributed by atoms with Gasteiger partial charge < -0.3 is 5.73 Å². The predicted octanol–water partition coefficient (Wildman–Crippen LogP) is 2.40. The molecule has 0 fully saturated rings. The van der Waals surface area contributed by atoms with Gasteiger partial charge in [-0.25, -0.2) is 22.8 Å². The molecule has 2 spiro atoms. The first-order chi connectivity index (χ1) is 15.3. The van der Waals surface area contributed by atoms with Gasteiger partial charge in [0.25, 0.3) is 5.41 Å². The highest BCUT2D eigenvalue weighted by atomic mass is 16.2. The predicted molar refractivity (Wildman–Crippen MR) is 108 cm³/mol. The molecule has 3 aliphatic rings. The zero-order valence-electron chi connectivity index (χ0n) is 16.2. The summed E-state index contributed by atoms with van der Waals surface area (Å²) in [6.07, 6.45) is 0. The highest BCUT2D eigenvalue weighted by Crippen LogP contribution is 2.70. The molecule has 3 aliphatic carbocycles. The number of hydrogen-bond donors (Lipinski definition) is 1. The van der Waals surface area contributed by atoms with Crippen LogP contribution in [-0.4, -0.2) is 28.8 Å². The minimum Gasteiger partial charge on any atom is -0.387 e. The van der Waals surface area contributed by atoms with Gasteiger partial charge >= 0.3 is 5.66 Å². The molecule has 0 atom stereocenters. The average Bonchev–Trinajstić information content (AvgIpc) is 3.28. The molecule has 0 bridgehead atoms. The van der Waals surface area contributed by atoms with Gasteiger partial charge in [0.05, 0.1) is 11.6 Å². The summed E-state index contributed by atoms with van der Waals surface area (Å²) in [5, 5.41) is 10.0. The van der Waals surface area contributed by atoms with Crippen molar-refractivity contribution in [1.82, 2.24) is 0 Å². The van der Waals surface area contributed by atoms with Crippen LogP contribution in [0.15, 0.2) is 59.8 Å². The SMILES string of the molecule is [C-]#[N+]C1([N+]#[C-])C(N)=C(C#N)C2(C(=O)c3ccccc3C2=O)C12C(=O)c1ccccc1C2=O. The molecule has 0 radical (unpaired) electrons. The molecule has 0 unspecified atom stereocenters. The Morgan fingerprint density at radius 3 is 1.47 bits per heavy atom. The van der Waals surface area contributed by atoms with E-state index < -0.39 is 50.9 Å². The number of carbonyl (C=O) groups excluding carboxylic acids is 4. The molecule has 32 heavy (non-hydrogen) atoms. The van der Waals surface area contributed by atoms with Crippen molar-refractivity contribution in [3.05, 3.63) is 105 Å². The summed E-state index contributed by atoms with van der Waals surface area (Å²) in [4.78, 5) is 62.3. The van der Waals surface area contributed by atoms with E-state index in [4.69, 9.17) is 18.9 Å². The smallest absolute Gasteiger partial charge is 0.387 e. The van der Waals surface area contributed by atoms with Crippen LogP contribution in [0, 0.1) is 35.3 Å². The number of hydrogen-bond acceptors (Lipinski definition) is 6. The molecule has 8 heteroatoms. The van der Waals surface area contributed by atoms with Crippen LogP contribution >= 0.6 is 0 Å². The van der Waals surface area contributed by atoms with Crippen molar-refractivity contribution in [2.75, 3.05) is 0 Å². The molecule has 2 N–H and O–H groups in total. The van der Waals surface area contributed by atoms with Crippen molar-refractivity contribution in [2.24, 2.45) is 16.6 Å². The number of Topliss-reactive ketones (excluding diaryl/α,β-unsaturated/α-hetero) is 4. The number of rotatable bonds is 0. The zero-order valence-corrected chi connectivity index (χ0v) is 16.2. The molecule has 2 aromatic rings. The third-order valence-electron chi connectivity index (χ3n) is 6.74. The van der Waals surface area contributed by atoms with Crippen LogP contribution in [-0.2, 0) is 0 Å². The quantitative estimate of drug-likeness (QED) is 0.517. The minimum atomic E-state index is -2.84. The zero-order chi connectivity index (χ0) is 23.1. The summed E-state index contributed by atoms with van der Waals surface area (Å²) in [7, 11) is 0. The van der Waals surface area contributed by atoms with E-state index in [1.54, 1.807) is 6.07 Å². The molecule has 0 heterocycles. The third kappa shape index (κ3) is 1.49. The molecular weight excluding hydrogens is 408 g/mol. The van der Waals surface area contributed by atoms with Crippen LogP contribution < -0.4 is 5.73 Å². The van der Waals surface area contributed by atoms with E-state index in [-0.39, 0.29) is 22.3 Å². The van der Waals surface area contributed by atoms with E-state index in [0.717, 1.165) is 0 Å². The lowest BCUT2D eigenvalue weighted by Gasteiger charge is -2.34. The number of nitrogens with two attached hydrogens (primary N) is 1. The fraction of sp³-hybridized carbons (Fsp3) is 0.125. The van der Waals surface area contributed by atoms with E-state index in [0.29, 0.717) is 0 Å². The molecule has 0 saturated heterocycles. The molecule has 0 aromatic heterocycles. The van der Waals surface area contributed by atoms with E-state index in [9.17, 15) is 24.4 Å². The van der Waals surface area contributed by atoms with Crippen molar-refractivity contribution >= 4 is 23.1 Å². The Morgan fingerprint density at radius 2 is 1.12 bits per heavy atom. The Bertz CT molecular complexity index is 1430. The molecule has 5 rings (SSSR count). The van der Waals surface area contributed by atoms with Crippen molar-refractivity contribution < 1.29 is 19.2 Å². The van der Waals surface area contributed by atoms with Crippen LogP contribution in [0.2, 0.25) is 0 Å². The van der Waals surface area contributed by atoms with Gasteiger partial charge in [-0.1, -0.05) is 48.5 Å². The van der Waals surface area contributed by atoms with Gasteiger partial charge in [0, 0.05) is 22.3 Å². The van der Waals surface area contributed by atoms with Crippen LogP contribution in [0.3, 0.4) is 0 Å². The molecule has 2 aromatic carbocycles. The maximum atomic E-state index is 14.0. The maximum Gasteiger partial charge on any atom is 0.547 e. The topological polar surface area (TPSA) is 127 Å². The summed E-state index contributed by atoms with van der Waals surface area (Å²) in [6.45, 7) is 15.6. The number of benzene rings is 2. The molecule has 0 aliphatic heterocycles. The van der Waals surface area contributed by atoms with E-state index in [1.165, 1.54) is 48.5 Å². The fourth-order valence-corrected chi connectivity index (χ4v) is 5.48. The first-order valence-corrected chi connectivity index (χ1v) is 9.38. The Labute approximate surface area is 181 Å². The lowest BCUT2D eigenvalue weighted by Crippen LogP contribution is -2.62. The first-order valence-electron chi connectivity index (χ1n) is 9.38. The van der Waals surface area contributed by atoms with E-state index >= 15 is 0 Å². The summed E-state index contributed by atoms with van der Waals surface area (Å²) >= 11 is 0. The minimum absolute atomic E-state index is 0.0975. The number of nitriles is 1. The second kappa shape index (κ2) is 5.63. The fourth-order valence-electron chi connectivity index (χ4n) is 5.48. The molecule has 150 valence electrons. The van der Waals surface area contributed by atoms with E-state index in [2.05, 4.69) is 9.69 Å². The average molecular weight is 418 g/mol. The summed E-state index contributed by atoms with van der Waals surface area (Å²) < 4.78 is 0. The normalized spacial score (nSPS) is 20.8. The monoisotopic (exact) mass is 418 g/mol. The number of fused-ring (bicyclic) bond motifs is 3. The lowest BCUT2D eigenvalue weighted by atomic mass is 9.54. The second-order valence-corrected chi connectivity index (χ2v) is 7.70. The van der Waals surface area contributed by atoms with Crippen LogP contribution in [0.4, 0.5) is 0 Å². The van der Waals surface area contributed by atoms with Crippen molar-refractivity contribution in [3.8, 4) is 6.07 Å². The van der Waals surface area contributed by atoms with Crippen molar-refractivity contribution in [3.63, 3.8) is 0 Å². The van der Waals surface area contributed by atoms with Gasteiger partial charge in [0.15, 0.2) is 28.5 Å². The summed E-state index contributed by atoms with van der Waals surface area (Å²) in [6, 6.07) is 13.0. The Balaban J connectivity index is 2.04. The Morgan fingerprint density at radius 1 is 0.750 bits per heavy atom. The Hall–Kier alpha value is -4.87.